The van der Waals surface area contributed by atoms with Gasteiger partial charge in [0, 0.05) is 23.6 Å². The van der Waals surface area contributed by atoms with Crippen molar-refractivity contribution in [3.63, 3.8) is 0 Å². The fourth-order valence-corrected chi connectivity index (χ4v) is 5.39. The van der Waals surface area contributed by atoms with Crippen LogP contribution < -0.4 is 22.1 Å². The number of rotatable bonds is 15. The van der Waals surface area contributed by atoms with Crippen LogP contribution in [0.4, 0.5) is 0 Å². The molecule has 1 fully saturated rings. The van der Waals surface area contributed by atoms with Crippen molar-refractivity contribution in [3.8, 4) is 0 Å². The van der Waals surface area contributed by atoms with Crippen LogP contribution >= 0.6 is 11.8 Å². The van der Waals surface area contributed by atoms with E-state index in [-0.39, 0.29) is 0 Å². The zero-order valence-corrected chi connectivity index (χ0v) is 23.2. The van der Waals surface area contributed by atoms with Crippen molar-refractivity contribution in [2.24, 2.45) is 11.5 Å². The van der Waals surface area contributed by atoms with Crippen LogP contribution in [-0.4, -0.2) is 87.9 Å². The first kappa shape index (κ1) is 30.5. The number of para-hydroxylation sites is 1. The molecule has 0 radical (unpaired) electrons. The molecule has 2 aromatic rings. The Labute approximate surface area is 232 Å². The Balaban J connectivity index is 1.69. The molecule has 12 heteroatoms. The first-order valence-corrected chi connectivity index (χ1v) is 14.8. The number of aliphatic carboxylic acids is 1. The first-order chi connectivity index (χ1) is 18.8. The van der Waals surface area contributed by atoms with Crippen molar-refractivity contribution >= 4 is 46.4 Å². The van der Waals surface area contributed by atoms with Crippen LogP contribution in [0.5, 0.6) is 0 Å². The van der Waals surface area contributed by atoms with E-state index < -0.39 is 47.9 Å². The highest BCUT2D eigenvalue weighted by molar-refractivity contribution is 7.98. The van der Waals surface area contributed by atoms with E-state index in [1.807, 2.05) is 36.7 Å². The van der Waals surface area contributed by atoms with Gasteiger partial charge in [0.2, 0.25) is 17.7 Å². The molecule has 0 aliphatic carbocycles. The van der Waals surface area contributed by atoms with E-state index in [0.29, 0.717) is 63.8 Å². The van der Waals surface area contributed by atoms with Crippen LogP contribution in [0.3, 0.4) is 0 Å². The summed E-state index contributed by atoms with van der Waals surface area (Å²) in [7, 11) is 0. The van der Waals surface area contributed by atoms with Gasteiger partial charge in [0.05, 0.1) is 6.04 Å². The molecule has 1 saturated heterocycles. The number of hydrogen-bond donors (Lipinski definition) is 6. The largest absolute Gasteiger partial charge is 0.480 e. The summed E-state index contributed by atoms with van der Waals surface area (Å²) in [6.07, 6.45) is 6.93. The molecule has 3 rings (SSSR count). The molecule has 2 heterocycles. The number of benzene rings is 1. The summed E-state index contributed by atoms with van der Waals surface area (Å²) in [4.78, 5) is 55.9. The Morgan fingerprint density at radius 3 is 2.59 bits per heavy atom. The van der Waals surface area contributed by atoms with Gasteiger partial charge in [-0.05, 0) is 75.1 Å². The van der Waals surface area contributed by atoms with Crippen molar-refractivity contribution in [3.05, 3.63) is 36.0 Å². The lowest BCUT2D eigenvalue weighted by Gasteiger charge is -2.29. The van der Waals surface area contributed by atoms with Gasteiger partial charge in [-0.15, -0.1) is 0 Å². The number of likely N-dealkylation sites (tertiary alicyclic amines) is 1. The fraction of sp³-hybridized carbons (Fsp3) is 0.556. The maximum atomic E-state index is 13.4. The first-order valence-electron chi connectivity index (χ1n) is 13.4. The molecule has 39 heavy (non-hydrogen) atoms. The Kier molecular flexibility index (Phi) is 11.6. The number of fused-ring (bicyclic) bond motifs is 1. The molecule has 0 spiro atoms. The highest BCUT2D eigenvalue weighted by Gasteiger charge is 2.38. The molecule has 11 nitrogen and oxygen atoms in total. The van der Waals surface area contributed by atoms with Gasteiger partial charge in [0.25, 0.3) is 0 Å². The van der Waals surface area contributed by atoms with E-state index in [1.165, 1.54) is 16.7 Å². The van der Waals surface area contributed by atoms with Crippen LogP contribution in [0.15, 0.2) is 30.5 Å². The van der Waals surface area contributed by atoms with Gasteiger partial charge in [-0.2, -0.15) is 11.8 Å². The number of unbranched alkanes of at least 4 members (excludes halogenated alkanes) is 1. The molecule has 1 aliphatic rings. The van der Waals surface area contributed by atoms with E-state index in [4.69, 9.17) is 11.5 Å². The minimum Gasteiger partial charge on any atom is -0.480 e. The third-order valence-corrected chi connectivity index (χ3v) is 7.72. The number of amides is 3. The molecular weight excluding hydrogens is 520 g/mol. The van der Waals surface area contributed by atoms with Crippen molar-refractivity contribution in [2.75, 3.05) is 25.1 Å². The smallest absolute Gasteiger partial charge is 0.326 e. The second-order valence-electron chi connectivity index (χ2n) is 9.89. The number of carbonyl (C=O) groups is 4. The summed E-state index contributed by atoms with van der Waals surface area (Å²) in [6.45, 7) is 0.769. The Morgan fingerprint density at radius 1 is 1.13 bits per heavy atom. The second-order valence-corrected chi connectivity index (χ2v) is 10.9. The average molecular weight is 561 g/mol. The maximum absolute atomic E-state index is 13.4. The Morgan fingerprint density at radius 2 is 1.87 bits per heavy atom. The highest BCUT2D eigenvalue weighted by Crippen LogP contribution is 2.21. The highest BCUT2D eigenvalue weighted by atomic mass is 32.2. The number of carbonyl (C=O) groups excluding carboxylic acids is 3. The third kappa shape index (κ3) is 8.20. The minimum absolute atomic E-state index is 0.290. The van der Waals surface area contributed by atoms with Crippen LogP contribution in [0.1, 0.15) is 44.1 Å². The predicted molar refractivity (Wildman–Crippen MR) is 152 cm³/mol. The number of carboxylic acids is 1. The Bertz CT molecular complexity index is 1140. The number of nitrogens with two attached hydrogens (primary N) is 2. The van der Waals surface area contributed by atoms with E-state index >= 15 is 0 Å². The van der Waals surface area contributed by atoms with E-state index in [9.17, 15) is 24.3 Å². The molecule has 4 atom stereocenters. The summed E-state index contributed by atoms with van der Waals surface area (Å²) in [6, 6.07) is 4.16. The second kappa shape index (κ2) is 14.9. The summed E-state index contributed by atoms with van der Waals surface area (Å²) >= 11 is 1.53. The summed E-state index contributed by atoms with van der Waals surface area (Å²) in [5, 5.41) is 16.1. The number of H-pyrrole nitrogens is 1. The molecule has 1 aromatic carbocycles. The number of thioether (sulfide) groups is 1. The third-order valence-electron chi connectivity index (χ3n) is 7.08. The van der Waals surface area contributed by atoms with Gasteiger partial charge in [0.15, 0.2) is 0 Å². The fourth-order valence-electron chi connectivity index (χ4n) is 4.92. The number of carboxylic acid groups (broad SMARTS) is 1. The average Bonchev–Trinajstić information content (AvgIpc) is 3.58. The standard InChI is InChI=1S/C27H40N6O5S/c1-39-14-11-21(31-24(34)19(29)15-17-16-30-20-8-3-2-7-18(17)20)25(35)32-22(9-4-5-12-28)26(36)33-13-6-10-23(33)27(37)38/h2-3,7-8,16,19,21-23,30H,4-6,9-15,28-29H2,1H3,(H,31,34)(H,32,35)(H,37,38). The molecule has 0 bridgehead atoms. The van der Waals surface area contributed by atoms with Crippen molar-refractivity contribution in [2.45, 2.75) is 69.1 Å². The van der Waals surface area contributed by atoms with Gasteiger partial charge in [-0.25, -0.2) is 4.79 Å². The number of aromatic amines is 1. The lowest BCUT2D eigenvalue weighted by molar-refractivity contribution is -0.149. The number of hydrogen-bond acceptors (Lipinski definition) is 7. The monoisotopic (exact) mass is 560 g/mol. The van der Waals surface area contributed by atoms with Crippen LogP contribution in [0, 0.1) is 0 Å². The molecule has 3 amide bonds. The zero-order valence-electron chi connectivity index (χ0n) is 22.4. The van der Waals surface area contributed by atoms with E-state index in [1.54, 1.807) is 0 Å². The lowest BCUT2D eigenvalue weighted by Crippen LogP contribution is -2.57. The molecule has 8 N–H and O–H groups in total. The van der Waals surface area contributed by atoms with Gasteiger partial charge >= 0.3 is 5.97 Å². The minimum atomic E-state index is -1.05. The summed E-state index contributed by atoms with van der Waals surface area (Å²) in [5.74, 6) is -1.82. The Hall–Kier alpha value is -3.09. The van der Waals surface area contributed by atoms with Crippen LogP contribution in [0.25, 0.3) is 10.9 Å². The molecule has 214 valence electrons. The predicted octanol–water partition coefficient (Wildman–Crippen LogP) is 0.965. The SMILES string of the molecule is CSCCC(NC(=O)C(N)Cc1c[nH]c2ccccc12)C(=O)NC(CCCCN)C(=O)N1CCCC1C(=O)O. The molecule has 1 aromatic heterocycles. The van der Waals surface area contributed by atoms with Gasteiger partial charge < -0.3 is 37.1 Å². The zero-order chi connectivity index (χ0) is 28.4. The normalized spacial score (nSPS) is 17.5. The molecule has 4 unspecified atom stereocenters. The quantitative estimate of drug-likeness (QED) is 0.174. The topological polar surface area (TPSA) is 184 Å². The number of aromatic nitrogens is 1. The van der Waals surface area contributed by atoms with Crippen molar-refractivity contribution in [1.82, 2.24) is 20.5 Å². The molecule has 1 aliphatic heterocycles. The van der Waals surface area contributed by atoms with Crippen molar-refractivity contribution in [1.29, 1.82) is 0 Å². The summed E-state index contributed by atoms with van der Waals surface area (Å²) in [5.41, 5.74) is 13.7. The van der Waals surface area contributed by atoms with E-state index in [0.717, 1.165) is 16.5 Å². The van der Waals surface area contributed by atoms with Crippen molar-refractivity contribution < 1.29 is 24.3 Å². The van der Waals surface area contributed by atoms with E-state index in [2.05, 4.69) is 15.6 Å². The van der Waals surface area contributed by atoms with Gasteiger partial charge in [-0.1, -0.05) is 18.2 Å². The lowest BCUT2D eigenvalue weighted by atomic mass is 10.0. The van der Waals surface area contributed by atoms with Gasteiger partial charge in [-0.3, -0.25) is 14.4 Å². The number of nitrogens with zero attached hydrogens (tertiary/aromatic N) is 1. The maximum Gasteiger partial charge on any atom is 0.326 e. The van der Waals surface area contributed by atoms with Crippen LogP contribution in [0.2, 0.25) is 0 Å². The molecule has 0 saturated carbocycles. The van der Waals surface area contributed by atoms with Gasteiger partial charge in [0.1, 0.15) is 18.1 Å². The van der Waals surface area contributed by atoms with Crippen LogP contribution in [-0.2, 0) is 25.6 Å². The number of nitrogens with one attached hydrogen (secondary N) is 3. The molecular formula is C27H40N6O5S. The summed E-state index contributed by atoms with van der Waals surface area (Å²) < 4.78 is 0.